The Morgan fingerprint density at radius 2 is 0.900 bits per heavy atom. The minimum atomic E-state index is -5.06. The SMILES string of the molecule is CC/C=C\C/C=C\C/C=C\C/C=C\C/C=C\C/C=C\CCCOCC(COP(=O)(O)OC1C(O)C(O)C(O)C(O)C1O)OC(=O)CC/C=C\C/C=C\C/C=C\C/C=C\CC. The molecule has 0 heterocycles. The molecular weight excluding hydrogens is 787 g/mol. The van der Waals surface area contributed by atoms with E-state index in [2.05, 4.69) is 117 Å². The van der Waals surface area contributed by atoms with Crippen molar-refractivity contribution < 1.29 is 58.3 Å². The van der Waals surface area contributed by atoms with Crippen LogP contribution in [0.3, 0.4) is 0 Å². The number of hydrogen-bond donors (Lipinski definition) is 6. The highest BCUT2D eigenvalue weighted by Gasteiger charge is 2.51. The molecule has 13 heteroatoms. The Labute approximate surface area is 359 Å². The summed E-state index contributed by atoms with van der Waals surface area (Å²) in [6.07, 6.45) is 40.2. The van der Waals surface area contributed by atoms with Gasteiger partial charge in [0.2, 0.25) is 0 Å². The maximum atomic E-state index is 12.8. The lowest BCUT2D eigenvalue weighted by Crippen LogP contribution is -2.64. The quantitative estimate of drug-likeness (QED) is 0.0160. The van der Waals surface area contributed by atoms with E-state index < -0.39 is 63.1 Å². The lowest BCUT2D eigenvalue weighted by molar-refractivity contribution is -0.220. The predicted octanol–water partition coefficient (Wildman–Crippen LogP) is 8.30. The van der Waals surface area contributed by atoms with Crippen LogP contribution in [0.15, 0.2) is 122 Å². The molecule has 0 amide bonds. The number of carbonyl (C=O) groups excluding carboxylic acids is 1. The normalized spacial score (nSPS) is 23.5. The Balaban J connectivity index is 2.52. The topological polar surface area (TPSA) is 192 Å². The van der Waals surface area contributed by atoms with Gasteiger partial charge in [0.25, 0.3) is 0 Å². The number of aliphatic hydroxyl groups is 5. The summed E-state index contributed by atoms with van der Waals surface area (Å²) in [6, 6.07) is 0. The van der Waals surface area contributed by atoms with E-state index in [-0.39, 0.29) is 13.0 Å². The highest BCUT2D eigenvalue weighted by atomic mass is 31.2. The molecule has 338 valence electrons. The Kier molecular flexibility index (Phi) is 33.2. The molecule has 6 unspecified atom stereocenters. The molecule has 6 N–H and O–H groups in total. The molecule has 1 rings (SSSR count). The molecule has 0 radical (unpaired) electrons. The van der Waals surface area contributed by atoms with E-state index >= 15 is 0 Å². The van der Waals surface area contributed by atoms with Crippen LogP contribution in [-0.2, 0) is 27.9 Å². The summed E-state index contributed by atoms with van der Waals surface area (Å²) in [5, 5.41) is 50.1. The van der Waals surface area contributed by atoms with Gasteiger partial charge in [-0.05, 0) is 83.5 Å². The van der Waals surface area contributed by atoms with E-state index in [1.54, 1.807) is 0 Å². The third kappa shape index (κ3) is 28.3. The summed E-state index contributed by atoms with van der Waals surface area (Å²) in [5.74, 6) is -0.584. The zero-order valence-corrected chi connectivity index (χ0v) is 36.6. The van der Waals surface area contributed by atoms with Crippen molar-refractivity contribution in [2.24, 2.45) is 0 Å². The molecule has 0 spiro atoms. The lowest BCUT2D eigenvalue weighted by atomic mass is 9.85. The minimum Gasteiger partial charge on any atom is -0.457 e. The summed E-state index contributed by atoms with van der Waals surface area (Å²) in [4.78, 5) is 23.0. The van der Waals surface area contributed by atoms with Gasteiger partial charge < -0.3 is 39.9 Å². The molecule has 0 bridgehead atoms. The van der Waals surface area contributed by atoms with Crippen LogP contribution < -0.4 is 0 Å². The lowest BCUT2D eigenvalue weighted by Gasteiger charge is -2.41. The number of carbonyl (C=O) groups is 1. The number of esters is 1. The first kappa shape index (κ1) is 54.8. The molecule has 0 aliphatic heterocycles. The molecule has 0 aromatic rings. The van der Waals surface area contributed by atoms with Gasteiger partial charge in [-0.25, -0.2) is 4.57 Å². The smallest absolute Gasteiger partial charge is 0.457 e. The molecule has 0 aromatic heterocycles. The maximum absolute atomic E-state index is 12.8. The average Bonchev–Trinajstić information content (AvgIpc) is 3.23. The number of aliphatic hydroxyl groups excluding tert-OH is 5. The van der Waals surface area contributed by atoms with Crippen molar-refractivity contribution in [3.63, 3.8) is 0 Å². The van der Waals surface area contributed by atoms with Crippen LogP contribution in [0, 0.1) is 0 Å². The monoisotopic (exact) mass is 860 g/mol. The van der Waals surface area contributed by atoms with Crippen molar-refractivity contribution in [3.05, 3.63) is 122 Å². The number of phosphoric acid groups is 1. The number of allylic oxidation sites excluding steroid dienone is 20. The van der Waals surface area contributed by atoms with Crippen molar-refractivity contribution in [3.8, 4) is 0 Å². The number of rotatable bonds is 33. The van der Waals surface area contributed by atoms with Crippen LogP contribution in [0.25, 0.3) is 0 Å². The second-order valence-electron chi connectivity index (χ2n) is 14.1. The van der Waals surface area contributed by atoms with Crippen molar-refractivity contribution >= 4 is 13.8 Å². The second kappa shape index (κ2) is 36.4. The van der Waals surface area contributed by atoms with Gasteiger partial charge in [0.1, 0.15) is 42.7 Å². The highest BCUT2D eigenvalue weighted by Crippen LogP contribution is 2.47. The molecule has 60 heavy (non-hydrogen) atoms. The van der Waals surface area contributed by atoms with Gasteiger partial charge in [-0.1, -0.05) is 135 Å². The summed E-state index contributed by atoms with van der Waals surface area (Å²) < 4.78 is 33.9. The average molecular weight is 861 g/mol. The van der Waals surface area contributed by atoms with Gasteiger partial charge in [0, 0.05) is 13.0 Å². The van der Waals surface area contributed by atoms with E-state index in [4.69, 9.17) is 18.5 Å². The Morgan fingerprint density at radius 3 is 1.32 bits per heavy atom. The second-order valence-corrected chi connectivity index (χ2v) is 15.5. The number of unbranched alkanes of at least 4 members (excludes halogenated alkanes) is 1. The van der Waals surface area contributed by atoms with Gasteiger partial charge in [-0.3, -0.25) is 13.8 Å². The summed E-state index contributed by atoms with van der Waals surface area (Å²) in [5.41, 5.74) is 0. The van der Waals surface area contributed by atoms with Crippen LogP contribution >= 0.6 is 7.82 Å². The molecular formula is C47H73O12P. The van der Waals surface area contributed by atoms with E-state index in [1.807, 2.05) is 18.2 Å². The zero-order valence-electron chi connectivity index (χ0n) is 35.7. The third-order valence-electron chi connectivity index (χ3n) is 8.84. The van der Waals surface area contributed by atoms with Crippen LogP contribution in [-0.4, -0.2) is 98.9 Å². The summed E-state index contributed by atoms with van der Waals surface area (Å²) in [6.45, 7) is 3.76. The van der Waals surface area contributed by atoms with Crippen molar-refractivity contribution in [2.75, 3.05) is 19.8 Å². The molecule has 12 nitrogen and oxygen atoms in total. The first-order valence-corrected chi connectivity index (χ1v) is 22.9. The highest BCUT2D eigenvalue weighted by molar-refractivity contribution is 7.47. The molecule has 1 aliphatic rings. The first-order valence-electron chi connectivity index (χ1n) is 21.4. The molecule has 1 aliphatic carbocycles. The fourth-order valence-corrected chi connectivity index (χ4v) is 6.47. The van der Waals surface area contributed by atoms with Gasteiger partial charge >= 0.3 is 13.8 Å². The fraction of sp³-hybridized carbons (Fsp3) is 0.553. The number of hydrogen-bond acceptors (Lipinski definition) is 11. The van der Waals surface area contributed by atoms with Gasteiger partial charge in [0.15, 0.2) is 0 Å². The van der Waals surface area contributed by atoms with Gasteiger partial charge in [0.05, 0.1) is 13.2 Å². The number of phosphoric ester groups is 1. The molecule has 0 saturated heterocycles. The van der Waals surface area contributed by atoms with Crippen LogP contribution in [0.5, 0.6) is 0 Å². The Hall–Kier alpha value is -3.26. The standard InChI is InChI=1S/C47H73O12P/c1-3-5-7-9-11-13-15-17-18-19-20-21-22-23-25-27-29-31-33-35-37-56-38-40(39-57-60(54,55)59-47-45(52)43(50)42(49)44(51)46(47)53)58-41(48)36-34-32-30-28-26-24-16-14-12-10-8-6-4-2/h5-8,11-14,17-18,20-21,23-26,29-32,40,42-47,49-53H,3-4,9-10,15-16,19,22,27-28,33-39H2,1-2H3,(H,54,55)/b7-5-,8-6-,13-11-,14-12-,18-17-,21-20-,25-23-,26-24-,31-29-,32-30-. The predicted molar refractivity (Wildman–Crippen MR) is 239 cm³/mol. The molecule has 0 aromatic carbocycles. The summed E-state index contributed by atoms with van der Waals surface area (Å²) in [7, 11) is -5.06. The molecule has 6 atom stereocenters. The van der Waals surface area contributed by atoms with E-state index in [0.717, 1.165) is 64.2 Å². The van der Waals surface area contributed by atoms with Gasteiger partial charge in [-0.15, -0.1) is 0 Å². The molecule has 1 saturated carbocycles. The van der Waals surface area contributed by atoms with Crippen LogP contribution in [0.4, 0.5) is 0 Å². The molecule has 1 fully saturated rings. The first-order chi connectivity index (χ1) is 29.0. The van der Waals surface area contributed by atoms with Crippen LogP contribution in [0.2, 0.25) is 0 Å². The van der Waals surface area contributed by atoms with Crippen molar-refractivity contribution in [1.29, 1.82) is 0 Å². The number of ether oxygens (including phenoxy) is 2. The largest absolute Gasteiger partial charge is 0.472 e. The Bertz CT molecular complexity index is 1440. The van der Waals surface area contributed by atoms with Crippen molar-refractivity contribution in [2.45, 2.75) is 146 Å². The maximum Gasteiger partial charge on any atom is 0.472 e. The summed E-state index contributed by atoms with van der Waals surface area (Å²) >= 11 is 0. The van der Waals surface area contributed by atoms with E-state index in [9.17, 15) is 39.8 Å². The van der Waals surface area contributed by atoms with Crippen LogP contribution in [0.1, 0.15) is 104 Å². The zero-order chi connectivity index (χ0) is 44.1. The Morgan fingerprint density at radius 1 is 0.533 bits per heavy atom. The fourth-order valence-electron chi connectivity index (χ4n) is 5.50. The minimum absolute atomic E-state index is 0.0409. The van der Waals surface area contributed by atoms with Gasteiger partial charge in [-0.2, -0.15) is 0 Å². The third-order valence-corrected chi connectivity index (χ3v) is 9.83. The van der Waals surface area contributed by atoms with E-state index in [1.165, 1.54) is 0 Å². The van der Waals surface area contributed by atoms with E-state index in [0.29, 0.717) is 25.9 Å². The van der Waals surface area contributed by atoms with Crippen molar-refractivity contribution in [1.82, 2.24) is 0 Å².